The van der Waals surface area contributed by atoms with Gasteiger partial charge in [-0.25, -0.2) is 0 Å². The van der Waals surface area contributed by atoms with Gasteiger partial charge in [0.05, 0.1) is 18.1 Å². The second-order valence-electron chi connectivity index (χ2n) is 4.17. The number of furan rings is 1. The van der Waals surface area contributed by atoms with Gasteiger partial charge in [-0.1, -0.05) is 0 Å². The molecule has 0 radical (unpaired) electrons. The van der Waals surface area contributed by atoms with E-state index < -0.39 is 4.92 Å². The molecule has 0 unspecified atom stereocenters. The van der Waals surface area contributed by atoms with Crippen LogP contribution in [0.3, 0.4) is 0 Å². The van der Waals surface area contributed by atoms with Crippen molar-refractivity contribution in [1.29, 1.82) is 0 Å². The number of carbonyl (C=O) groups excluding carboxylic acids is 1. The fraction of sp³-hybridized carbons (Fsp3) is 0.333. The first kappa shape index (κ1) is 14.7. The molecule has 0 saturated heterocycles. The number of amides is 1. The third kappa shape index (κ3) is 3.89. The van der Waals surface area contributed by atoms with Crippen LogP contribution in [0.25, 0.3) is 0 Å². The van der Waals surface area contributed by atoms with Gasteiger partial charge in [0.1, 0.15) is 18.2 Å². The Kier molecular flexibility index (Phi) is 4.67. The van der Waals surface area contributed by atoms with Crippen molar-refractivity contribution in [3.05, 3.63) is 46.2 Å². The molecule has 0 aliphatic rings. The second kappa shape index (κ2) is 6.66. The Morgan fingerprint density at radius 2 is 2.38 bits per heavy atom. The van der Waals surface area contributed by atoms with Gasteiger partial charge in [-0.2, -0.15) is 5.10 Å². The van der Waals surface area contributed by atoms with Gasteiger partial charge < -0.3 is 14.5 Å². The summed E-state index contributed by atoms with van der Waals surface area (Å²) in [5.74, 6) is 0.303. The van der Waals surface area contributed by atoms with Crippen molar-refractivity contribution in [2.45, 2.75) is 6.54 Å². The van der Waals surface area contributed by atoms with Crippen molar-refractivity contribution in [3.8, 4) is 0 Å². The first-order chi connectivity index (χ1) is 10.1. The predicted octanol–water partition coefficient (Wildman–Crippen LogP) is 0.809. The molecule has 1 amide bonds. The number of ether oxygens (including phenoxy) is 1. The fourth-order valence-corrected chi connectivity index (χ4v) is 1.63. The quantitative estimate of drug-likeness (QED) is 0.459. The third-order valence-electron chi connectivity index (χ3n) is 2.63. The van der Waals surface area contributed by atoms with Crippen LogP contribution >= 0.6 is 0 Å². The monoisotopic (exact) mass is 294 g/mol. The highest BCUT2D eigenvalue weighted by atomic mass is 16.6. The second-order valence-corrected chi connectivity index (χ2v) is 4.17. The molecule has 21 heavy (non-hydrogen) atoms. The van der Waals surface area contributed by atoms with Crippen LogP contribution in [0.5, 0.6) is 0 Å². The lowest BCUT2D eigenvalue weighted by molar-refractivity contribution is -0.385. The van der Waals surface area contributed by atoms with E-state index in [0.717, 1.165) is 6.20 Å². The summed E-state index contributed by atoms with van der Waals surface area (Å²) in [7, 11) is 1.54. The molecule has 0 atom stereocenters. The maximum absolute atomic E-state index is 11.7. The molecular weight excluding hydrogens is 280 g/mol. The summed E-state index contributed by atoms with van der Waals surface area (Å²) >= 11 is 0. The van der Waals surface area contributed by atoms with Crippen LogP contribution in [-0.2, 0) is 11.3 Å². The molecule has 9 heteroatoms. The number of rotatable bonds is 7. The van der Waals surface area contributed by atoms with Crippen LogP contribution in [0.15, 0.2) is 28.9 Å². The molecule has 2 rings (SSSR count). The number of hydrogen-bond acceptors (Lipinski definition) is 6. The lowest BCUT2D eigenvalue weighted by atomic mass is 10.4. The SMILES string of the molecule is COCCNC(=O)c1ccc(Cn2cc([N+](=O)[O-])cn2)o1. The summed E-state index contributed by atoms with van der Waals surface area (Å²) in [6.07, 6.45) is 2.45. The number of hydrogen-bond donors (Lipinski definition) is 1. The summed E-state index contributed by atoms with van der Waals surface area (Å²) < 4.78 is 11.6. The van der Waals surface area contributed by atoms with E-state index in [2.05, 4.69) is 10.4 Å². The van der Waals surface area contributed by atoms with E-state index in [1.807, 2.05) is 0 Å². The topological polar surface area (TPSA) is 112 Å². The lowest BCUT2D eigenvalue weighted by Gasteiger charge is -2.01. The molecule has 0 aliphatic carbocycles. The minimum Gasteiger partial charge on any atom is -0.454 e. The van der Waals surface area contributed by atoms with Crippen molar-refractivity contribution < 1.29 is 18.9 Å². The van der Waals surface area contributed by atoms with Gasteiger partial charge in [0, 0.05) is 13.7 Å². The molecule has 1 N–H and O–H groups in total. The number of nitrogens with zero attached hydrogens (tertiary/aromatic N) is 3. The van der Waals surface area contributed by atoms with Crippen LogP contribution in [-0.4, -0.2) is 40.9 Å². The van der Waals surface area contributed by atoms with Crippen LogP contribution in [0.1, 0.15) is 16.3 Å². The van der Waals surface area contributed by atoms with Crippen LogP contribution < -0.4 is 5.32 Å². The largest absolute Gasteiger partial charge is 0.454 e. The Hall–Kier alpha value is -2.68. The van der Waals surface area contributed by atoms with Gasteiger partial charge in [-0.3, -0.25) is 19.6 Å². The van der Waals surface area contributed by atoms with Crippen molar-refractivity contribution in [1.82, 2.24) is 15.1 Å². The fourth-order valence-electron chi connectivity index (χ4n) is 1.63. The minimum absolute atomic E-state index is 0.0981. The molecule has 0 bridgehead atoms. The number of aromatic nitrogens is 2. The Labute approximate surface area is 119 Å². The molecule has 0 fully saturated rings. The average Bonchev–Trinajstić information content (AvgIpc) is 3.09. The van der Waals surface area contributed by atoms with E-state index in [1.54, 1.807) is 13.2 Å². The zero-order valence-corrected chi connectivity index (χ0v) is 11.3. The summed E-state index contributed by atoms with van der Waals surface area (Å²) in [6, 6.07) is 3.16. The Balaban J connectivity index is 1.96. The highest BCUT2D eigenvalue weighted by Crippen LogP contribution is 2.12. The van der Waals surface area contributed by atoms with Crippen LogP contribution in [0, 0.1) is 10.1 Å². The van der Waals surface area contributed by atoms with Crippen molar-refractivity contribution in [3.63, 3.8) is 0 Å². The molecule has 2 aromatic heterocycles. The number of methoxy groups -OCH3 is 1. The summed E-state index contributed by atoms with van der Waals surface area (Å²) in [6.45, 7) is 1.01. The van der Waals surface area contributed by atoms with Crippen LogP contribution in [0.4, 0.5) is 5.69 Å². The molecule has 9 nitrogen and oxygen atoms in total. The highest BCUT2D eigenvalue weighted by Gasteiger charge is 2.13. The summed E-state index contributed by atoms with van der Waals surface area (Å²) in [4.78, 5) is 21.7. The first-order valence-corrected chi connectivity index (χ1v) is 6.13. The average molecular weight is 294 g/mol. The number of carbonyl (C=O) groups is 1. The zero-order valence-electron chi connectivity index (χ0n) is 11.3. The Morgan fingerprint density at radius 1 is 1.57 bits per heavy atom. The van der Waals surface area contributed by atoms with E-state index in [-0.39, 0.29) is 23.9 Å². The molecule has 0 spiro atoms. The van der Waals surface area contributed by atoms with Crippen molar-refractivity contribution in [2.24, 2.45) is 0 Å². The number of nitrogens with one attached hydrogen (secondary N) is 1. The summed E-state index contributed by atoms with van der Waals surface area (Å²) in [5.41, 5.74) is -0.0981. The van der Waals surface area contributed by atoms with E-state index in [0.29, 0.717) is 18.9 Å². The van der Waals surface area contributed by atoms with Crippen molar-refractivity contribution >= 4 is 11.6 Å². The number of nitro groups is 1. The third-order valence-corrected chi connectivity index (χ3v) is 2.63. The maximum Gasteiger partial charge on any atom is 0.307 e. The first-order valence-electron chi connectivity index (χ1n) is 6.13. The summed E-state index contributed by atoms with van der Waals surface area (Å²) in [5, 5.41) is 17.0. The highest BCUT2D eigenvalue weighted by molar-refractivity contribution is 5.91. The minimum atomic E-state index is -0.527. The predicted molar refractivity (Wildman–Crippen MR) is 70.9 cm³/mol. The zero-order chi connectivity index (χ0) is 15.2. The molecule has 0 saturated carbocycles. The molecule has 0 aliphatic heterocycles. The van der Waals surface area contributed by atoms with E-state index in [4.69, 9.17) is 9.15 Å². The Morgan fingerprint density at radius 3 is 3.05 bits per heavy atom. The maximum atomic E-state index is 11.7. The van der Waals surface area contributed by atoms with Crippen molar-refractivity contribution in [2.75, 3.05) is 20.3 Å². The molecule has 2 heterocycles. The normalized spacial score (nSPS) is 10.5. The Bertz CT molecular complexity index is 633. The molecular formula is C12H14N4O5. The van der Waals surface area contributed by atoms with Gasteiger partial charge in [-0.05, 0) is 12.1 Å². The smallest absolute Gasteiger partial charge is 0.307 e. The van der Waals surface area contributed by atoms with E-state index in [1.165, 1.54) is 16.9 Å². The van der Waals surface area contributed by atoms with Gasteiger partial charge in [0.25, 0.3) is 5.91 Å². The molecule has 0 aromatic carbocycles. The molecule has 2 aromatic rings. The van der Waals surface area contributed by atoms with Crippen LogP contribution in [0.2, 0.25) is 0 Å². The van der Waals surface area contributed by atoms with E-state index >= 15 is 0 Å². The van der Waals surface area contributed by atoms with Gasteiger partial charge in [-0.15, -0.1) is 0 Å². The molecule has 112 valence electrons. The standard InChI is InChI=1S/C12H14N4O5/c1-20-5-4-13-12(17)11-3-2-10(21-11)8-15-7-9(6-14-15)16(18)19/h2-3,6-7H,4-5,8H2,1H3,(H,13,17). The van der Waals surface area contributed by atoms with Gasteiger partial charge >= 0.3 is 5.69 Å². The van der Waals surface area contributed by atoms with E-state index in [9.17, 15) is 14.9 Å². The van der Waals surface area contributed by atoms with Gasteiger partial charge in [0.2, 0.25) is 0 Å². The van der Waals surface area contributed by atoms with Gasteiger partial charge in [0.15, 0.2) is 5.76 Å². The lowest BCUT2D eigenvalue weighted by Crippen LogP contribution is -2.26.